The maximum Gasteiger partial charge on any atom is 0.278 e. The molecule has 3 rings (SSSR count). The van der Waals surface area contributed by atoms with Crippen molar-refractivity contribution in [3.05, 3.63) is 78.4 Å². The first-order valence-electron chi connectivity index (χ1n) is 8.59. The monoisotopic (exact) mass is 346 g/mol. The van der Waals surface area contributed by atoms with Gasteiger partial charge in [0.25, 0.3) is 5.91 Å². The van der Waals surface area contributed by atoms with Crippen molar-refractivity contribution in [2.45, 2.75) is 26.8 Å². The number of aryl methyl sites for hydroxylation is 1. The fourth-order valence-electron chi connectivity index (χ4n) is 2.67. The lowest BCUT2D eigenvalue weighted by atomic mass is 10.2. The smallest absolute Gasteiger partial charge is 0.278 e. The molecule has 1 N–H and O–H groups in total. The second-order valence-corrected chi connectivity index (χ2v) is 6.35. The summed E-state index contributed by atoms with van der Waals surface area (Å²) in [7, 11) is 0. The topological polar surface area (TPSA) is 58.1 Å². The summed E-state index contributed by atoms with van der Waals surface area (Å²) in [5, 5.41) is 3.34. The normalized spacial score (nSPS) is 10.6. The molecule has 0 aliphatic heterocycles. The van der Waals surface area contributed by atoms with Crippen LogP contribution in [-0.4, -0.2) is 21.9 Å². The third kappa shape index (κ3) is 4.06. The summed E-state index contributed by atoms with van der Waals surface area (Å²) >= 11 is 0. The molecule has 3 aromatic rings. The number of nitrogens with zero attached hydrogens (tertiary/aromatic N) is 3. The first-order valence-corrected chi connectivity index (χ1v) is 8.59. The Kier molecular flexibility index (Phi) is 5.27. The van der Waals surface area contributed by atoms with E-state index >= 15 is 0 Å². The van der Waals surface area contributed by atoms with E-state index in [1.807, 2.05) is 75.4 Å². The molecular weight excluding hydrogens is 324 g/mol. The molecular formula is C21H22N4O. The minimum Gasteiger partial charge on any atom is -0.356 e. The summed E-state index contributed by atoms with van der Waals surface area (Å²) in [6.07, 6.45) is 3.14. The fourth-order valence-corrected chi connectivity index (χ4v) is 2.67. The highest BCUT2D eigenvalue weighted by molar-refractivity contribution is 6.05. The molecule has 0 spiro atoms. The number of para-hydroxylation sites is 1. The zero-order valence-corrected chi connectivity index (χ0v) is 15.2. The molecule has 2 aromatic carbocycles. The maximum atomic E-state index is 12.9. The molecule has 0 fully saturated rings. The van der Waals surface area contributed by atoms with Crippen LogP contribution in [-0.2, 0) is 0 Å². The van der Waals surface area contributed by atoms with Gasteiger partial charge in [0.15, 0.2) is 0 Å². The largest absolute Gasteiger partial charge is 0.356 e. The molecule has 0 unspecified atom stereocenters. The van der Waals surface area contributed by atoms with Crippen molar-refractivity contribution in [2.24, 2.45) is 0 Å². The average Bonchev–Trinajstić information content (AvgIpc) is 2.64. The SMILES string of the molecule is Cc1cnc(C(=O)N(c2ccc(Nc3ccccc3)cc2)C(C)C)cn1. The molecule has 1 amide bonds. The van der Waals surface area contributed by atoms with Crippen LogP contribution in [0.3, 0.4) is 0 Å². The molecule has 132 valence electrons. The highest BCUT2D eigenvalue weighted by atomic mass is 16.2. The third-order valence-corrected chi connectivity index (χ3v) is 3.94. The number of carbonyl (C=O) groups excluding carboxylic acids is 1. The van der Waals surface area contributed by atoms with Gasteiger partial charge in [-0.15, -0.1) is 0 Å². The summed E-state index contributed by atoms with van der Waals surface area (Å²) in [5.41, 5.74) is 3.94. The van der Waals surface area contributed by atoms with E-state index in [0.29, 0.717) is 5.69 Å². The number of anilines is 3. The van der Waals surface area contributed by atoms with Crippen LogP contribution in [0.5, 0.6) is 0 Å². The van der Waals surface area contributed by atoms with Gasteiger partial charge in [0.1, 0.15) is 5.69 Å². The molecule has 1 heterocycles. The van der Waals surface area contributed by atoms with Crippen molar-refractivity contribution in [1.29, 1.82) is 0 Å². The summed E-state index contributed by atoms with van der Waals surface area (Å²) in [6, 6.07) is 17.8. The minimum atomic E-state index is -0.156. The number of carbonyl (C=O) groups is 1. The number of amides is 1. The fraction of sp³-hybridized carbons (Fsp3) is 0.190. The number of hydrogen-bond donors (Lipinski definition) is 1. The Morgan fingerprint density at radius 2 is 1.58 bits per heavy atom. The van der Waals surface area contributed by atoms with Gasteiger partial charge in [0.2, 0.25) is 0 Å². The molecule has 0 aliphatic carbocycles. The molecule has 26 heavy (non-hydrogen) atoms. The molecule has 0 radical (unpaired) electrons. The molecule has 5 heteroatoms. The van der Waals surface area contributed by atoms with Gasteiger partial charge in [-0.05, 0) is 57.2 Å². The number of rotatable bonds is 5. The number of nitrogens with one attached hydrogen (secondary N) is 1. The van der Waals surface area contributed by atoms with Crippen LogP contribution in [0.2, 0.25) is 0 Å². The Labute approximate surface area is 153 Å². The van der Waals surface area contributed by atoms with E-state index in [0.717, 1.165) is 22.8 Å². The van der Waals surface area contributed by atoms with Crippen LogP contribution in [0, 0.1) is 6.92 Å². The van der Waals surface area contributed by atoms with Gasteiger partial charge in [0, 0.05) is 29.3 Å². The van der Waals surface area contributed by atoms with Gasteiger partial charge >= 0.3 is 0 Å². The van der Waals surface area contributed by atoms with Crippen LogP contribution < -0.4 is 10.2 Å². The molecule has 0 bridgehead atoms. The quantitative estimate of drug-likeness (QED) is 0.734. The van der Waals surface area contributed by atoms with Crippen molar-refractivity contribution >= 4 is 23.0 Å². The summed E-state index contributed by atoms with van der Waals surface area (Å²) in [6.45, 7) is 5.81. The van der Waals surface area contributed by atoms with Crippen LogP contribution in [0.15, 0.2) is 67.0 Å². The van der Waals surface area contributed by atoms with E-state index in [4.69, 9.17) is 0 Å². The standard InChI is InChI=1S/C21H22N4O/c1-15(2)25(21(26)20-14-22-16(3)13-23-20)19-11-9-18(10-12-19)24-17-7-5-4-6-8-17/h4-15,24H,1-3H3. The Morgan fingerprint density at radius 3 is 2.15 bits per heavy atom. The van der Waals surface area contributed by atoms with Gasteiger partial charge in [-0.3, -0.25) is 9.78 Å². The van der Waals surface area contributed by atoms with Gasteiger partial charge < -0.3 is 10.2 Å². The Balaban J connectivity index is 1.82. The molecule has 0 atom stereocenters. The third-order valence-electron chi connectivity index (χ3n) is 3.94. The van der Waals surface area contributed by atoms with E-state index in [-0.39, 0.29) is 11.9 Å². The van der Waals surface area contributed by atoms with Gasteiger partial charge in [-0.1, -0.05) is 18.2 Å². The van der Waals surface area contributed by atoms with E-state index < -0.39 is 0 Å². The van der Waals surface area contributed by atoms with Crippen molar-refractivity contribution in [1.82, 2.24) is 9.97 Å². The van der Waals surface area contributed by atoms with Crippen LogP contribution in [0.25, 0.3) is 0 Å². The Morgan fingerprint density at radius 1 is 0.923 bits per heavy atom. The average molecular weight is 346 g/mol. The Bertz CT molecular complexity index is 859. The first-order chi connectivity index (χ1) is 12.5. The van der Waals surface area contributed by atoms with Crippen LogP contribution in [0.4, 0.5) is 17.1 Å². The first kappa shape index (κ1) is 17.6. The summed E-state index contributed by atoms with van der Waals surface area (Å²) in [4.78, 5) is 23.0. The van der Waals surface area contributed by atoms with Crippen molar-refractivity contribution in [3.8, 4) is 0 Å². The van der Waals surface area contributed by atoms with Crippen molar-refractivity contribution < 1.29 is 4.79 Å². The number of benzene rings is 2. The molecule has 0 saturated heterocycles. The second-order valence-electron chi connectivity index (χ2n) is 6.35. The van der Waals surface area contributed by atoms with Crippen molar-refractivity contribution in [3.63, 3.8) is 0 Å². The lowest BCUT2D eigenvalue weighted by Crippen LogP contribution is -2.37. The lowest BCUT2D eigenvalue weighted by Gasteiger charge is -2.26. The maximum absolute atomic E-state index is 12.9. The van der Waals surface area contributed by atoms with Crippen LogP contribution in [0.1, 0.15) is 30.0 Å². The predicted octanol–water partition coefficient (Wildman–Crippen LogP) is 4.58. The lowest BCUT2D eigenvalue weighted by molar-refractivity contribution is 0.0975. The van der Waals surface area contributed by atoms with E-state index in [9.17, 15) is 4.79 Å². The zero-order valence-electron chi connectivity index (χ0n) is 15.2. The van der Waals surface area contributed by atoms with Gasteiger partial charge in [-0.25, -0.2) is 4.98 Å². The predicted molar refractivity (Wildman–Crippen MR) is 105 cm³/mol. The van der Waals surface area contributed by atoms with Gasteiger partial charge in [0.05, 0.1) is 11.9 Å². The zero-order chi connectivity index (χ0) is 18.5. The van der Waals surface area contributed by atoms with Crippen LogP contribution >= 0.6 is 0 Å². The number of aromatic nitrogens is 2. The van der Waals surface area contributed by atoms with E-state index in [1.165, 1.54) is 6.20 Å². The highest BCUT2D eigenvalue weighted by Gasteiger charge is 2.22. The minimum absolute atomic E-state index is 0.00136. The molecule has 5 nitrogen and oxygen atoms in total. The number of hydrogen-bond acceptors (Lipinski definition) is 4. The highest BCUT2D eigenvalue weighted by Crippen LogP contribution is 2.24. The molecule has 0 aliphatic rings. The van der Waals surface area contributed by atoms with Gasteiger partial charge in [-0.2, -0.15) is 0 Å². The molecule has 1 aromatic heterocycles. The summed E-state index contributed by atoms with van der Waals surface area (Å²) in [5.74, 6) is -0.156. The van der Waals surface area contributed by atoms with E-state index in [1.54, 1.807) is 11.1 Å². The van der Waals surface area contributed by atoms with E-state index in [2.05, 4.69) is 15.3 Å². The summed E-state index contributed by atoms with van der Waals surface area (Å²) < 4.78 is 0. The Hall–Kier alpha value is -3.21. The molecule has 0 saturated carbocycles. The van der Waals surface area contributed by atoms with Crippen molar-refractivity contribution in [2.75, 3.05) is 10.2 Å². The second kappa shape index (κ2) is 7.78.